The summed E-state index contributed by atoms with van der Waals surface area (Å²) in [4.78, 5) is 28.6. The first kappa shape index (κ1) is 12.3. The summed E-state index contributed by atoms with van der Waals surface area (Å²) in [5.41, 5.74) is 0.308. The summed E-state index contributed by atoms with van der Waals surface area (Å²) in [6, 6.07) is -0.0245. The quantitative estimate of drug-likeness (QED) is 0.712. The number of amides is 3. The van der Waals surface area contributed by atoms with Crippen LogP contribution in [0, 0.1) is 0 Å². The van der Waals surface area contributed by atoms with Gasteiger partial charge in [-0.2, -0.15) is 15.4 Å². The number of H-pyrrole nitrogens is 1. The molecule has 98 valence electrons. The van der Waals surface area contributed by atoms with E-state index >= 15 is 0 Å². The van der Waals surface area contributed by atoms with E-state index in [1.807, 2.05) is 0 Å². The molecule has 0 aliphatic carbocycles. The van der Waals surface area contributed by atoms with Crippen molar-refractivity contribution >= 4 is 11.9 Å². The van der Waals surface area contributed by atoms with Gasteiger partial charge in [-0.3, -0.25) is 4.79 Å². The zero-order valence-corrected chi connectivity index (χ0v) is 10.5. The largest absolute Gasteiger partial charge is 0.334 e. The number of hydrogen-bond donors (Lipinski definition) is 1. The monoisotopic (exact) mass is 252 g/mol. The first-order valence-electron chi connectivity index (χ1n) is 5.71. The lowest BCUT2D eigenvalue weighted by Crippen LogP contribution is -2.52. The molecule has 0 aromatic carbocycles. The minimum Gasteiger partial charge on any atom is -0.334 e. The molecule has 1 saturated heterocycles. The van der Waals surface area contributed by atoms with E-state index in [1.165, 1.54) is 11.1 Å². The summed E-state index contributed by atoms with van der Waals surface area (Å²) in [7, 11) is 3.44. The van der Waals surface area contributed by atoms with Gasteiger partial charge in [0.2, 0.25) is 0 Å². The highest BCUT2D eigenvalue weighted by Gasteiger charge is 2.26. The van der Waals surface area contributed by atoms with Crippen molar-refractivity contribution in [1.29, 1.82) is 0 Å². The van der Waals surface area contributed by atoms with E-state index in [0.29, 0.717) is 31.9 Å². The molecule has 3 amide bonds. The zero-order valence-electron chi connectivity index (χ0n) is 10.5. The molecule has 1 aliphatic heterocycles. The van der Waals surface area contributed by atoms with Crippen LogP contribution in [0.3, 0.4) is 0 Å². The second-order valence-corrected chi connectivity index (χ2v) is 4.31. The number of aromatic nitrogens is 3. The maximum atomic E-state index is 12.0. The second kappa shape index (κ2) is 5.03. The van der Waals surface area contributed by atoms with Crippen molar-refractivity contribution in [2.45, 2.75) is 0 Å². The molecule has 1 aliphatic rings. The van der Waals surface area contributed by atoms with Gasteiger partial charge in [0.25, 0.3) is 5.91 Å². The van der Waals surface area contributed by atoms with E-state index in [2.05, 4.69) is 15.4 Å². The Labute approximate surface area is 105 Å². The number of hydrogen-bond acceptors (Lipinski definition) is 4. The summed E-state index contributed by atoms with van der Waals surface area (Å²) in [5.74, 6) is -0.152. The fourth-order valence-electron chi connectivity index (χ4n) is 1.85. The van der Waals surface area contributed by atoms with Crippen molar-refractivity contribution in [1.82, 2.24) is 30.1 Å². The van der Waals surface area contributed by atoms with Gasteiger partial charge in [-0.15, -0.1) is 0 Å². The van der Waals surface area contributed by atoms with Gasteiger partial charge < -0.3 is 14.7 Å². The first-order chi connectivity index (χ1) is 8.59. The maximum absolute atomic E-state index is 12.0. The third-order valence-corrected chi connectivity index (χ3v) is 2.85. The van der Waals surface area contributed by atoms with Crippen LogP contribution >= 0.6 is 0 Å². The van der Waals surface area contributed by atoms with Crippen LogP contribution in [0.2, 0.25) is 0 Å². The molecule has 1 N–H and O–H groups in total. The van der Waals surface area contributed by atoms with E-state index in [0.717, 1.165) is 0 Å². The lowest BCUT2D eigenvalue weighted by molar-refractivity contribution is 0.0644. The number of urea groups is 1. The highest BCUT2D eigenvalue weighted by Crippen LogP contribution is 2.07. The number of nitrogens with one attached hydrogen (secondary N) is 1. The topological polar surface area (TPSA) is 85.4 Å². The Kier molecular flexibility index (Phi) is 3.45. The van der Waals surface area contributed by atoms with Crippen LogP contribution in [0.1, 0.15) is 10.5 Å². The predicted molar refractivity (Wildman–Crippen MR) is 62.9 cm³/mol. The summed E-state index contributed by atoms with van der Waals surface area (Å²) in [6.07, 6.45) is 1.40. The Balaban J connectivity index is 1.91. The SMILES string of the molecule is CN(C)C(=O)N1CCN(C(=O)c2cn[nH]n2)CC1. The normalized spacial score (nSPS) is 15.7. The molecule has 2 rings (SSSR count). The van der Waals surface area contributed by atoms with E-state index < -0.39 is 0 Å². The molecule has 0 saturated carbocycles. The fourth-order valence-corrected chi connectivity index (χ4v) is 1.85. The average Bonchev–Trinajstić information content (AvgIpc) is 2.91. The van der Waals surface area contributed by atoms with E-state index in [-0.39, 0.29) is 11.9 Å². The number of piperazine rings is 1. The highest BCUT2D eigenvalue weighted by molar-refractivity contribution is 5.92. The van der Waals surface area contributed by atoms with Crippen molar-refractivity contribution in [2.24, 2.45) is 0 Å². The van der Waals surface area contributed by atoms with Crippen molar-refractivity contribution < 1.29 is 9.59 Å². The number of nitrogens with zero attached hydrogens (tertiary/aromatic N) is 5. The van der Waals surface area contributed by atoms with Crippen LogP contribution < -0.4 is 0 Å². The van der Waals surface area contributed by atoms with Crippen molar-refractivity contribution in [2.75, 3.05) is 40.3 Å². The molecule has 0 atom stereocenters. The van der Waals surface area contributed by atoms with Gasteiger partial charge in [-0.25, -0.2) is 4.79 Å². The Morgan fingerprint density at radius 2 is 1.83 bits per heavy atom. The Morgan fingerprint density at radius 1 is 1.22 bits per heavy atom. The van der Waals surface area contributed by atoms with E-state index in [1.54, 1.807) is 23.9 Å². The minimum atomic E-state index is -0.152. The summed E-state index contributed by atoms with van der Waals surface area (Å²) >= 11 is 0. The lowest BCUT2D eigenvalue weighted by Gasteiger charge is -2.35. The van der Waals surface area contributed by atoms with Crippen LogP contribution in [0.25, 0.3) is 0 Å². The number of rotatable bonds is 1. The van der Waals surface area contributed by atoms with Crippen LogP contribution in [0.15, 0.2) is 6.20 Å². The molecule has 0 bridgehead atoms. The molecular weight excluding hydrogens is 236 g/mol. The van der Waals surface area contributed by atoms with Crippen molar-refractivity contribution in [3.63, 3.8) is 0 Å². The van der Waals surface area contributed by atoms with Gasteiger partial charge in [0.1, 0.15) is 0 Å². The average molecular weight is 252 g/mol. The molecule has 0 radical (unpaired) electrons. The molecule has 0 unspecified atom stereocenters. The molecule has 0 spiro atoms. The van der Waals surface area contributed by atoms with Gasteiger partial charge in [-0.05, 0) is 0 Å². The number of carbonyl (C=O) groups is 2. The lowest BCUT2D eigenvalue weighted by atomic mass is 10.3. The van der Waals surface area contributed by atoms with Gasteiger partial charge in [0.15, 0.2) is 5.69 Å². The summed E-state index contributed by atoms with van der Waals surface area (Å²) < 4.78 is 0. The second-order valence-electron chi connectivity index (χ2n) is 4.31. The van der Waals surface area contributed by atoms with Crippen molar-refractivity contribution in [3.05, 3.63) is 11.9 Å². The first-order valence-corrected chi connectivity index (χ1v) is 5.71. The van der Waals surface area contributed by atoms with Crippen LogP contribution in [-0.4, -0.2) is 82.3 Å². The predicted octanol–water partition coefficient (Wildman–Crippen LogP) is -0.756. The molecule has 8 nitrogen and oxygen atoms in total. The number of carbonyl (C=O) groups excluding carboxylic acids is 2. The minimum absolute atomic E-state index is 0.0245. The van der Waals surface area contributed by atoms with Crippen molar-refractivity contribution in [3.8, 4) is 0 Å². The van der Waals surface area contributed by atoms with E-state index in [9.17, 15) is 9.59 Å². The van der Waals surface area contributed by atoms with Crippen LogP contribution in [0.5, 0.6) is 0 Å². The zero-order chi connectivity index (χ0) is 13.1. The molecule has 2 heterocycles. The Hall–Kier alpha value is -2.12. The smallest absolute Gasteiger partial charge is 0.319 e. The van der Waals surface area contributed by atoms with Crippen LogP contribution in [-0.2, 0) is 0 Å². The molecule has 1 fully saturated rings. The fraction of sp³-hybridized carbons (Fsp3) is 0.600. The standard InChI is InChI=1S/C10H16N6O2/c1-14(2)10(18)16-5-3-15(4-6-16)9(17)8-7-11-13-12-8/h7H,3-6H2,1-2H3,(H,11,12,13). The third-order valence-electron chi connectivity index (χ3n) is 2.85. The summed E-state index contributed by atoms with van der Waals surface area (Å²) in [6.45, 7) is 2.12. The van der Waals surface area contributed by atoms with Crippen LogP contribution in [0.4, 0.5) is 4.79 Å². The molecule has 18 heavy (non-hydrogen) atoms. The highest BCUT2D eigenvalue weighted by atomic mass is 16.2. The molecular formula is C10H16N6O2. The Morgan fingerprint density at radius 3 is 2.33 bits per heavy atom. The van der Waals surface area contributed by atoms with Gasteiger partial charge in [0, 0.05) is 40.3 Å². The van der Waals surface area contributed by atoms with Gasteiger partial charge in [-0.1, -0.05) is 0 Å². The molecule has 8 heteroatoms. The van der Waals surface area contributed by atoms with E-state index in [4.69, 9.17) is 0 Å². The molecule has 1 aromatic heterocycles. The third kappa shape index (κ3) is 2.41. The maximum Gasteiger partial charge on any atom is 0.319 e. The molecule has 1 aromatic rings. The van der Waals surface area contributed by atoms with Gasteiger partial charge in [0.05, 0.1) is 6.20 Å². The van der Waals surface area contributed by atoms with Gasteiger partial charge >= 0.3 is 6.03 Å². The summed E-state index contributed by atoms with van der Waals surface area (Å²) in [5, 5.41) is 9.78. The Bertz CT molecular complexity index is 422. The number of aromatic amines is 1.